The minimum atomic E-state index is 0.0964. The summed E-state index contributed by atoms with van der Waals surface area (Å²) >= 11 is 0. The van der Waals surface area contributed by atoms with Crippen LogP contribution in [-0.4, -0.2) is 0 Å². The molecule has 174 valence electrons. The van der Waals surface area contributed by atoms with Crippen LogP contribution in [0.4, 0.5) is 17.1 Å². The van der Waals surface area contributed by atoms with E-state index in [4.69, 9.17) is 4.74 Å². The molecular weight excluding hydrogens is 426 g/mol. The smallest absolute Gasteiger partial charge is 0.152 e. The fraction of sp³-hybridized carbons (Fsp3) is 0.212. The largest absolute Gasteiger partial charge is 0.453 e. The molecule has 1 aliphatic heterocycles. The first-order valence-corrected chi connectivity index (χ1v) is 12.4. The summed E-state index contributed by atoms with van der Waals surface area (Å²) in [6.07, 6.45) is 0. The summed E-state index contributed by atoms with van der Waals surface area (Å²) in [4.78, 5) is 2.41. The number of hydrogen-bond donors (Lipinski definition) is 0. The van der Waals surface area contributed by atoms with Gasteiger partial charge in [0.05, 0.1) is 17.1 Å². The standard InChI is InChI=1S/C33H31NO/c1-20-11-12-25-17-29-31(19-26(25)13-20)35-30-18-24-10-8-7-9-23(24)16-28(30)34(29)32-21(2)14-27(15-22(32)3)33(4,5)6/h7-19H,1-6H3. The summed E-state index contributed by atoms with van der Waals surface area (Å²) in [5.41, 5.74) is 8.64. The second-order valence-corrected chi connectivity index (χ2v) is 11.0. The molecule has 0 aliphatic carbocycles. The molecule has 5 aromatic rings. The topological polar surface area (TPSA) is 12.5 Å². The van der Waals surface area contributed by atoms with Crippen molar-refractivity contribution in [3.05, 3.63) is 101 Å². The Morgan fingerprint density at radius 3 is 1.74 bits per heavy atom. The molecule has 6 rings (SSSR count). The first-order valence-electron chi connectivity index (χ1n) is 12.4. The first-order chi connectivity index (χ1) is 16.7. The van der Waals surface area contributed by atoms with Crippen LogP contribution in [0.25, 0.3) is 21.5 Å². The van der Waals surface area contributed by atoms with Gasteiger partial charge < -0.3 is 9.64 Å². The van der Waals surface area contributed by atoms with Crippen molar-refractivity contribution in [1.29, 1.82) is 0 Å². The highest BCUT2D eigenvalue weighted by atomic mass is 16.5. The third-order valence-electron chi connectivity index (χ3n) is 7.18. The molecule has 0 spiro atoms. The zero-order valence-corrected chi connectivity index (χ0v) is 21.4. The highest BCUT2D eigenvalue weighted by molar-refractivity contribution is 5.99. The number of nitrogens with zero attached hydrogens (tertiary/aromatic N) is 1. The fourth-order valence-corrected chi connectivity index (χ4v) is 5.34. The second kappa shape index (κ2) is 7.61. The van der Waals surface area contributed by atoms with Gasteiger partial charge in [0.1, 0.15) is 0 Å². The average Bonchev–Trinajstić information content (AvgIpc) is 2.80. The van der Waals surface area contributed by atoms with Crippen molar-refractivity contribution in [1.82, 2.24) is 0 Å². The quantitative estimate of drug-likeness (QED) is 0.244. The normalized spacial score (nSPS) is 13.0. The molecule has 0 atom stereocenters. The van der Waals surface area contributed by atoms with Gasteiger partial charge >= 0.3 is 0 Å². The molecule has 0 bridgehead atoms. The lowest BCUT2D eigenvalue weighted by atomic mass is 9.84. The van der Waals surface area contributed by atoms with Gasteiger partial charge in [-0.05, 0) is 88.7 Å². The Hall–Kier alpha value is -3.78. The lowest BCUT2D eigenvalue weighted by Gasteiger charge is -2.36. The molecule has 0 aromatic heterocycles. The summed E-state index contributed by atoms with van der Waals surface area (Å²) < 4.78 is 6.60. The first kappa shape index (κ1) is 21.7. The highest BCUT2D eigenvalue weighted by Crippen LogP contribution is 2.54. The van der Waals surface area contributed by atoms with Gasteiger partial charge in [0.25, 0.3) is 0 Å². The van der Waals surface area contributed by atoms with Crippen LogP contribution in [0.2, 0.25) is 0 Å². The molecule has 35 heavy (non-hydrogen) atoms. The van der Waals surface area contributed by atoms with E-state index in [1.54, 1.807) is 0 Å². The minimum absolute atomic E-state index is 0.0964. The van der Waals surface area contributed by atoms with E-state index >= 15 is 0 Å². The van der Waals surface area contributed by atoms with E-state index in [9.17, 15) is 0 Å². The molecule has 0 radical (unpaired) electrons. The van der Waals surface area contributed by atoms with E-state index < -0.39 is 0 Å². The lowest BCUT2D eigenvalue weighted by molar-refractivity contribution is 0.478. The Balaban J connectivity index is 1.67. The number of aryl methyl sites for hydroxylation is 3. The van der Waals surface area contributed by atoms with Crippen molar-refractivity contribution in [3.8, 4) is 11.5 Å². The Bertz CT molecular complexity index is 1610. The highest BCUT2D eigenvalue weighted by Gasteiger charge is 2.30. The van der Waals surface area contributed by atoms with E-state index in [1.165, 1.54) is 49.5 Å². The number of benzene rings is 5. The van der Waals surface area contributed by atoms with Crippen molar-refractivity contribution in [2.45, 2.75) is 47.0 Å². The van der Waals surface area contributed by atoms with Crippen molar-refractivity contribution in [3.63, 3.8) is 0 Å². The summed E-state index contributed by atoms with van der Waals surface area (Å²) in [5.74, 6) is 1.78. The van der Waals surface area contributed by atoms with E-state index in [2.05, 4.69) is 125 Å². The molecule has 2 heteroatoms. The molecule has 0 saturated heterocycles. The third kappa shape index (κ3) is 3.56. The van der Waals surface area contributed by atoms with Crippen LogP contribution in [0, 0.1) is 20.8 Å². The molecule has 1 heterocycles. The molecule has 0 saturated carbocycles. The van der Waals surface area contributed by atoms with Crippen LogP contribution in [-0.2, 0) is 5.41 Å². The number of rotatable bonds is 1. The van der Waals surface area contributed by atoms with Gasteiger partial charge in [-0.3, -0.25) is 0 Å². The van der Waals surface area contributed by atoms with Gasteiger partial charge in [0.2, 0.25) is 0 Å². The Morgan fingerprint density at radius 1 is 0.600 bits per heavy atom. The number of fused-ring (bicyclic) bond motifs is 4. The zero-order chi connectivity index (χ0) is 24.5. The van der Waals surface area contributed by atoms with E-state index in [0.29, 0.717) is 0 Å². The summed E-state index contributed by atoms with van der Waals surface area (Å²) in [6.45, 7) is 13.4. The number of hydrogen-bond acceptors (Lipinski definition) is 2. The molecule has 0 N–H and O–H groups in total. The maximum atomic E-state index is 6.60. The second-order valence-electron chi connectivity index (χ2n) is 11.0. The average molecular weight is 458 g/mol. The van der Waals surface area contributed by atoms with E-state index in [-0.39, 0.29) is 5.41 Å². The van der Waals surface area contributed by atoms with Gasteiger partial charge in [0.15, 0.2) is 11.5 Å². The lowest BCUT2D eigenvalue weighted by Crippen LogP contribution is -2.19. The fourth-order valence-electron chi connectivity index (χ4n) is 5.34. The van der Waals surface area contributed by atoms with Crippen LogP contribution in [0.15, 0.2) is 78.9 Å². The van der Waals surface area contributed by atoms with Gasteiger partial charge in [-0.15, -0.1) is 0 Å². The molecule has 0 amide bonds. The van der Waals surface area contributed by atoms with Crippen molar-refractivity contribution >= 4 is 38.6 Å². The Morgan fingerprint density at radius 2 is 1.14 bits per heavy atom. The third-order valence-corrected chi connectivity index (χ3v) is 7.18. The van der Waals surface area contributed by atoms with Crippen LogP contribution in [0.5, 0.6) is 11.5 Å². The Labute approximate surface area is 207 Å². The minimum Gasteiger partial charge on any atom is -0.453 e. The van der Waals surface area contributed by atoms with Gasteiger partial charge in [-0.25, -0.2) is 0 Å². The maximum Gasteiger partial charge on any atom is 0.152 e. The monoisotopic (exact) mass is 457 g/mol. The number of ether oxygens (including phenoxy) is 1. The van der Waals surface area contributed by atoms with Crippen molar-refractivity contribution < 1.29 is 4.74 Å². The van der Waals surface area contributed by atoms with Crippen LogP contribution >= 0.6 is 0 Å². The Kier molecular flexibility index (Phi) is 4.73. The molecule has 0 unspecified atom stereocenters. The van der Waals surface area contributed by atoms with Crippen molar-refractivity contribution in [2.24, 2.45) is 0 Å². The van der Waals surface area contributed by atoms with E-state index in [1.807, 2.05) is 0 Å². The van der Waals surface area contributed by atoms with E-state index in [0.717, 1.165) is 22.9 Å². The predicted molar refractivity (Wildman–Crippen MR) is 149 cm³/mol. The predicted octanol–water partition coefficient (Wildman–Crippen LogP) is 9.79. The number of anilines is 3. The molecular formula is C33H31NO. The van der Waals surface area contributed by atoms with Gasteiger partial charge in [-0.2, -0.15) is 0 Å². The van der Waals surface area contributed by atoms with Crippen LogP contribution < -0.4 is 9.64 Å². The molecule has 1 aliphatic rings. The van der Waals surface area contributed by atoms with Crippen LogP contribution in [0.1, 0.15) is 43.0 Å². The van der Waals surface area contributed by atoms with Gasteiger partial charge in [0, 0.05) is 0 Å². The summed E-state index contributed by atoms with van der Waals surface area (Å²) in [7, 11) is 0. The molecule has 5 aromatic carbocycles. The zero-order valence-electron chi connectivity index (χ0n) is 21.4. The molecule has 0 fully saturated rings. The molecule has 2 nitrogen and oxygen atoms in total. The summed E-state index contributed by atoms with van der Waals surface area (Å²) in [6, 6.07) is 28.7. The SMILES string of the molecule is Cc1ccc2cc3c(cc2c1)Oc1cc2ccccc2cc1N3c1c(C)cc(C(C)(C)C)cc1C. The summed E-state index contributed by atoms with van der Waals surface area (Å²) in [5, 5.41) is 4.81. The van der Waals surface area contributed by atoms with Crippen LogP contribution in [0.3, 0.4) is 0 Å². The maximum absolute atomic E-state index is 6.60. The van der Waals surface area contributed by atoms with Crippen molar-refractivity contribution in [2.75, 3.05) is 4.90 Å². The van der Waals surface area contributed by atoms with Gasteiger partial charge in [-0.1, -0.05) is 80.9 Å².